The zero-order chi connectivity index (χ0) is 16.0. The van der Waals surface area contributed by atoms with Crippen LogP contribution in [0.1, 0.15) is 44.1 Å². The van der Waals surface area contributed by atoms with E-state index in [9.17, 15) is 14.4 Å². The number of nitrogens with zero attached hydrogens (tertiary/aromatic N) is 2. The number of hydrogen-bond acceptors (Lipinski definition) is 4. The standard InChI is InChI=1S/C14H21N3O4/c1-4-7-17-12(18)6-5-10(16-17)13(19)15-11(14(20)21)8-9(2)3/h5-6,9,11H,4,7-8H2,1-3H3,(H,15,19)(H,20,21)/t11-/m0/s1. The number of aromatic nitrogens is 2. The van der Waals surface area contributed by atoms with Crippen molar-refractivity contribution in [2.75, 3.05) is 0 Å². The number of rotatable bonds is 7. The maximum atomic E-state index is 12.1. The van der Waals surface area contributed by atoms with Gasteiger partial charge in [0.2, 0.25) is 0 Å². The van der Waals surface area contributed by atoms with E-state index < -0.39 is 17.9 Å². The molecule has 0 saturated heterocycles. The molecule has 7 nitrogen and oxygen atoms in total. The van der Waals surface area contributed by atoms with Gasteiger partial charge in [0.15, 0.2) is 0 Å². The minimum Gasteiger partial charge on any atom is -0.480 e. The second kappa shape index (κ2) is 7.56. The lowest BCUT2D eigenvalue weighted by Crippen LogP contribution is -2.42. The maximum absolute atomic E-state index is 12.1. The van der Waals surface area contributed by atoms with Crippen LogP contribution in [0.2, 0.25) is 0 Å². The molecule has 0 fully saturated rings. The van der Waals surface area contributed by atoms with Crippen LogP contribution in [0.25, 0.3) is 0 Å². The normalized spacial score (nSPS) is 12.2. The molecule has 0 saturated carbocycles. The summed E-state index contributed by atoms with van der Waals surface area (Å²) in [5, 5.41) is 15.5. The first-order chi connectivity index (χ1) is 9.85. The van der Waals surface area contributed by atoms with E-state index in [2.05, 4.69) is 10.4 Å². The molecule has 1 heterocycles. The SMILES string of the molecule is CCCn1nc(C(=O)N[C@@H](CC(C)C)C(=O)O)ccc1=O. The molecule has 0 spiro atoms. The molecule has 1 aromatic rings. The monoisotopic (exact) mass is 295 g/mol. The second-order valence-corrected chi connectivity index (χ2v) is 5.27. The predicted octanol–water partition coefficient (Wildman–Crippen LogP) is 0.882. The lowest BCUT2D eigenvalue weighted by atomic mass is 10.0. The van der Waals surface area contributed by atoms with Crippen molar-refractivity contribution < 1.29 is 14.7 Å². The summed E-state index contributed by atoms with van der Waals surface area (Å²) in [4.78, 5) is 34.7. The Morgan fingerprint density at radius 3 is 2.57 bits per heavy atom. The minimum atomic E-state index is -1.08. The van der Waals surface area contributed by atoms with Crippen LogP contribution >= 0.6 is 0 Å². The summed E-state index contributed by atoms with van der Waals surface area (Å²) in [6, 6.07) is 1.60. The maximum Gasteiger partial charge on any atom is 0.326 e. The average molecular weight is 295 g/mol. The van der Waals surface area contributed by atoms with E-state index in [0.29, 0.717) is 19.4 Å². The summed E-state index contributed by atoms with van der Waals surface area (Å²) in [6.45, 7) is 6.06. The Labute approximate surface area is 123 Å². The Balaban J connectivity index is 2.89. The number of aliphatic carboxylic acids is 1. The van der Waals surface area contributed by atoms with Gasteiger partial charge in [0.25, 0.3) is 11.5 Å². The van der Waals surface area contributed by atoms with E-state index >= 15 is 0 Å². The quantitative estimate of drug-likeness (QED) is 0.777. The lowest BCUT2D eigenvalue weighted by molar-refractivity contribution is -0.139. The van der Waals surface area contributed by atoms with Gasteiger partial charge in [0.05, 0.1) is 0 Å². The van der Waals surface area contributed by atoms with E-state index in [4.69, 9.17) is 5.11 Å². The van der Waals surface area contributed by atoms with Crippen molar-refractivity contribution in [2.24, 2.45) is 5.92 Å². The summed E-state index contributed by atoms with van der Waals surface area (Å²) < 4.78 is 1.20. The van der Waals surface area contributed by atoms with E-state index in [1.54, 1.807) is 0 Å². The fourth-order valence-corrected chi connectivity index (χ4v) is 1.87. The summed E-state index contributed by atoms with van der Waals surface area (Å²) in [5.74, 6) is -1.54. The molecule has 0 aliphatic rings. The van der Waals surface area contributed by atoms with Crippen molar-refractivity contribution in [3.05, 3.63) is 28.2 Å². The van der Waals surface area contributed by atoms with Gasteiger partial charge in [-0.15, -0.1) is 0 Å². The van der Waals surface area contributed by atoms with Gasteiger partial charge < -0.3 is 10.4 Å². The Kier molecular flexibility index (Phi) is 6.08. The van der Waals surface area contributed by atoms with Crippen LogP contribution in [-0.4, -0.2) is 32.8 Å². The van der Waals surface area contributed by atoms with Crippen molar-refractivity contribution in [3.8, 4) is 0 Å². The highest BCUT2D eigenvalue weighted by molar-refractivity contribution is 5.94. The zero-order valence-electron chi connectivity index (χ0n) is 12.5. The Morgan fingerprint density at radius 1 is 1.38 bits per heavy atom. The molecule has 0 aliphatic carbocycles. The minimum absolute atomic E-state index is 0.0399. The van der Waals surface area contributed by atoms with Gasteiger partial charge in [-0.1, -0.05) is 20.8 Å². The fourth-order valence-electron chi connectivity index (χ4n) is 1.87. The van der Waals surface area contributed by atoms with Gasteiger partial charge in [-0.2, -0.15) is 5.10 Å². The van der Waals surface area contributed by atoms with E-state index in [1.165, 1.54) is 16.8 Å². The number of carboxylic acid groups (broad SMARTS) is 1. The van der Waals surface area contributed by atoms with Gasteiger partial charge in [0.1, 0.15) is 11.7 Å². The molecule has 1 aromatic heterocycles. The summed E-state index contributed by atoms with van der Waals surface area (Å²) in [6.07, 6.45) is 1.04. The van der Waals surface area contributed by atoms with Crippen molar-refractivity contribution in [1.29, 1.82) is 0 Å². The second-order valence-electron chi connectivity index (χ2n) is 5.27. The van der Waals surface area contributed by atoms with E-state index in [-0.39, 0.29) is 17.2 Å². The smallest absolute Gasteiger partial charge is 0.326 e. The highest BCUT2D eigenvalue weighted by Gasteiger charge is 2.22. The molecular formula is C14H21N3O4. The topological polar surface area (TPSA) is 101 Å². The third kappa shape index (κ3) is 5.02. The molecular weight excluding hydrogens is 274 g/mol. The molecule has 1 rings (SSSR count). The van der Waals surface area contributed by atoms with Crippen LogP contribution < -0.4 is 10.9 Å². The van der Waals surface area contributed by atoms with Crippen LogP contribution in [0, 0.1) is 5.92 Å². The molecule has 0 radical (unpaired) electrons. The number of carbonyl (C=O) groups is 2. The third-order valence-corrected chi connectivity index (χ3v) is 2.85. The van der Waals surface area contributed by atoms with Crippen LogP contribution in [0.3, 0.4) is 0 Å². The largest absolute Gasteiger partial charge is 0.480 e. The first-order valence-corrected chi connectivity index (χ1v) is 6.97. The zero-order valence-corrected chi connectivity index (χ0v) is 12.5. The first-order valence-electron chi connectivity index (χ1n) is 6.97. The number of carboxylic acids is 1. The van der Waals surface area contributed by atoms with Gasteiger partial charge in [-0.25, -0.2) is 9.48 Å². The van der Waals surface area contributed by atoms with Gasteiger partial charge in [-0.05, 0) is 24.8 Å². The summed E-state index contributed by atoms with van der Waals surface area (Å²) in [7, 11) is 0. The molecule has 0 unspecified atom stereocenters. The molecule has 0 bridgehead atoms. The number of aryl methyl sites for hydroxylation is 1. The highest BCUT2D eigenvalue weighted by atomic mass is 16.4. The van der Waals surface area contributed by atoms with Crippen molar-refractivity contribution >= 4 is 11.9 Å². The van der Waals surface area contributed by atoms with Crippen LogP contribution in [0.15, 0.2) is 16.9 Å². The van der Waals surface area contributed by atoms with Crippen molar-refractivity contribution in [2.45, 2.75) is 46.2 Å². The lowest BCUT2D eigenvalue weighted by Gasteiger charge is -2.16. The van der Waals surface area contributed by atoms with Gasteiger partial charge in [-0.3, -0.25) is 9.59 Å². The first kappa shape index (κ1) is 16.9. The van der Waals surface area contributed by atoms with Crippen LogP contribution in [0.4, 0.5) is 0 Å². The summed E-state index contributed by atoms with van der Waals surface area (Å²) >= 11 is 0. The molecule has 1 amide bonds. The number of amides is 1. The number of nitrogens with one attached hydrogen (secondary N) is 1. The van der Waals surface area contributed by atoms with Gasteiger partial charge >= 0.3 is 5.97 Å². The molecule has 1 atom stereocenters. The van der Waals surface area contributed by atoms with Gasteiger partial charge in [0, 0.05) is 12.6 Å². The number of carbonyl (C=O) groups excluding carboxylic acids is 1. The van der Waals surface area contributed by atoms with E-state index in [1.807, 2.05) is 20.8 Å². The van der Waals surface area contributed by atoms with Crippen LogP contribution in [-0.2, 0) is 11.3 Å². The van der Waals surface area contributed by atoms with Crippen LogP contribution in [0.5, 0.6) is 0 Å². The Morgan fingerprint density at radius 2 is 2.05 bits per heavy atom. The predicted molar refractivity (Wildman–Crippen MR) is 77.1 cm³/mol. The molecule has 2 N–H and O–H groups in total. The van der Waals surface area contributed by atoms with E-state index in [0.717, 1.165) is 0 Å². The Bertz CT molecular complexity index is 566. The molecule has 116 valence electrons. The number of hydrogen-bond donors (Lipinski definition) is 2. The molecule has 0 aromatic carbocycles. The third-order valence-electron chi connectivity index (χ3n) is 2.85. The molecule has 21 heavy (non-hydrogen) atoms. The molecule has 0 aliphatic heterocycles. The van der Waals surface area contributed by atoms with Crippen molar-refractivity contribution in [3.63, 3.8) is 0 Å². The average Bonchev–Trinajstić information content (AvgIpc) is 2.40. The van der Waals surface area contributed by atoms with Crippen molar-refractivity contribution in [1.82, 2.24) is 15.1 Å². The Hall–Kier alpha value is -2.18. The molecule has 7 heteroatoms. The summed E-state index contributed by atoms with van der Waals surface area (Å²) in [5.41, 5.74) is -0.247. The fraction of sp³-hybridized carbons (Fsp3) is 0.571. The highest BCUT2D eigenvalue weighted by Crippen LogP contribution is 2.06.